The summed E-state index contributed by atoms with van der Waals surface area (Å²) in [6.07, 6.45) is 0. The van der Waals surface area contributed by atoms with Crippen molar-refractivity contribution in [2.75, 3.05) is 36.5 Å². The van der Waals surface area contributed by atoms with E-state index in [4.69, 9.17) is 9.72 Å². The number of hydrogen-bond donors (Lipinski definition) is 1. The molecule has 1 fully saturated rings. The van der Waals surface area contributed by atoms with Crippen molar-refractivity contribution in [1.29, 1.82) is 0 Å². The van der Waals surface area contributed by atoms with Crippen LogP contribution in [0.15, 0.2) is 66.7 Å². The number of para-hydroxylation sites is 1. The van der Waals surface area contributed by atoms with Crippen LogP contribution in [0.2, 0.25) is 0 Å². The number of rotatable bonds is 4. The Bertz CT molecular complexity index is 910. The second-order valence-corrected chi connectivity index (χ2v) is 6.22. The summed E-state index contributed by atoms with van der Waals surface area (Å²) in [6.45, 7) is 2.78. The van der Waals surface area contributed by atoms with Crippen molar-refractivity contribution in [2.45, 2.75) is 0 Å². The Kier molecular flexibility index (Phi) is 5.07. The molecule has 1 amide bonds. The highest BCUT2D eigenvalue weighted by atomic mass is 16.5. The second-order valence-electron chi connectivity index (χ2n) is 6.22. The summed E-state index contributed by atoms with van der Waals surface area (Å²) in [5.74, 6) is 1.03. The number of nitrogens with one attached hydrogen (secondary N) is 1. The molecule has 0 aliphatic carbocycles. The molecular formula is C21H20N4O2. The molecule has 0 bridgehead atoms. The molecule has 27 heavy (non-hydrogen) atoms. The zero-order valence-corrected chi connectivity index (χ0v) is 14.8. The highest BCUT2D eigenvalue weighted by Crippen LogP contribution is 2.21. The molecule has 1 aliphatic heterocycles. The van der Waals surface area contributed by atoms with E-state index < -0.39 is 0 Å². The number of ether oxygens (including phenoxy) is 1. The lowest BCUT2D eigenvalue weighted by atomic mass is 10.2. The van der Waals surface area contributed by atoms with Crippen molar-refractivity contribution in [2.24, 2.45) is 0 Å². The zero-order valence-electron chi connectivity index (χ0n) is 14.8. The molecule has 2 aromatic carbocycles. The lowest BCUT2D eigenvalue weighted by Crippen LogP contribution is -2.37. The first-order valence-corrected chi connectivity index (χ1v) is 8.93. The third-order valence-electron chi connectivity index (χ3n) is 4.34. The molecule has 0 spiro atoms. The van der Waals surface area contributed by atoms with Gasteiger partial charge in [-0.2, -0.15) is 0 Å². The van der Waals surface area contributed by atoms with Crippen LogP contribution < -0.4 is 10.2 Å². The van der Waals surface area contributed by atoms with Crippen LogP contribution in [0, 0.1) is 0 Å². The molecule has 1 aromatic heterocycles. The first-order valence-electron chi connectivity index (χ1n) is 8.93. The Labute approximate surface area is 157 Å². The van der Waals surface area contributed by atoms with Crippen molar-refractivity contribution >= 4 is 17.4 Å². The highest BCUT2D eigenvalue weighted by Gasteiger charge is 2.18. The Morgan fingerprint density at radius 2 is 1.59 bits per heavy atom. The molecule has 1 saturated heterocycles. The monoisotopic (exact) mass is 360 g/mol. The van der Waals surface area contributed by atoms with E-state index in [9.17, 15) is 4.79 Å². The third-order valence-corrected chi connectivity index (χ3v) is 4.34. The molecule has 0 unspecified atom stereocenters. The molecule has 3 aromatic rings. The molecular weight excluding hydrogens is 340 g/mol. The van der Waals surface area contributed by atoms with E-state index >= 15 is 0 Å². The maximum Gasteiger partial charge on any atom is 0.274 e. The molecule has 0 atom stereocenters. The van der Waals surface area contributed by atoms with Gasteiger partial charge in [-0.3, -0.25) is 4.79 Å². The molecule has 0 radical (unpaired) electrons. The van der Waals surface area contributed by atoms with Gasteiger partial charge in [0.05, 0.1) is 13.2 Å². The maximum absolute atomic E-state index is 12.8. The van der Waals surface area contributed by atoms with E-state index in [-0.39, 0.29) is 5.91 Å². The van der Waals surface area contributed by atoms with E-state index in [1.54, 1.807) is 6.07 Å². The van der Waals surface area contributed by atoms with Crippen LogP contribution in [0.1, 0.15) is 10.5 Å². The first kappa shape index (κ1) is 17.2. The largest absolute Gasteiger partial charge is 0.378 e. The fourth-order valence-electron chi connectivity index (χ4n) is 2.94. The lowest BCUT2D eigenvalue weighted by molar-refractivity contribution is 0.102. The normalized spacial score (nSPS) is 14.0. The quantitative estimate of drug-likeness (QED) is 0.774. The van der Waals surface area contributed by atoms with E-state index in [1.807, 2.05) is 60.7 Å². The summed E-state index contributed by atoms with van der Waals surface area (Å²) in [5, 5.41) is 2.89. The topological polar surface area (TPSA) is 67.4 Å². The Morgan fingerprint density at radius 3 is 2.30 bits per heavy atom. The van der Waals surface area contributed by atoms with Crippen molar-refractivity contribution in [3.8, 4) is 11.4 Å². The van der Waals surface area contributed by atoms with Gasteiger partial charge in [-0.1, -0.05) is 48.5 Å². The molecule has 4 rings (SSSR count). The minimum Gasteiger partial charge on any atom is -0.378 e. The molecule has 2 heterocycles. The summed E-state index contributed by atoms with van der Waals surface area (Å²) in [5.41, 5.74) is 1.95. The van der Waals surface area contributed by atoms with E-state index in [2.05, 4.69) is 15.2 Å². The standard InChI is InChI=1S/C21H20N4O2/c26-21(22-17-9-5-2-6-10-17)18-15-19(25-11-13-27-14-12-25)24-20(23-18)16-7-3-1-4-8-16/h1-10,15H,11-14H2,(H,22,26). The molecule has 6 heteroatoms. The maximum atomic E-state index is 12.8. The minimum absolute atomic E-state index is 0.254. The summed E-state index contributed by atoms with van der Waals surface area (Å²) < 4.78 is 5.43. The fraction of sp³-hybridized carbons (Fsp3) is 0.190. The molecule has 136 valence electrons. The number of nitrogens with zero attached hydrogens (tertiary/aromatic N) is 3. The van der Waals surface area contributed by atoms with Crippen LogP contribution in [0.3, 0.4) is 0 Å². The summed E-state index contributed by atoms with van der Waals surface area (Å²) >= 11 is 0. The van der Waals surface area contributed by atoms with Gasteiger partial charge in [0.15, 0.2) is 5.82 Å². The van der Waals surface area contributed by atoms with Crippen molar-refractivity contribution in [3.63, 3.8) is 0 Å². The van der Waals surface area contributed by atoms with Gasteiger partial charge in [0, 0.05) is 30.4 Å². The summed E-state index contributed by atoms with van der Waals surface area (Å²) in [7, 11) is 0. The minimum atomic E-state index is -0.254. The Balaban J connectivity index is 1.70. The molecule has 6 nitrogen and oxygen atoms in total. The summed E-state index contributed by atoms with van der Waals surface area (Å²) in [4.78, 5) is 24.1. The molecule has 1 aliphatic rings. The predicted octanol–water partition coefficient (Wildman–Crippen LogP) is 3.23. The Hall–Kier alpha value is -3.25. The van der Waals surface area contributed by atoms with Crippen LogP contribution in [-0.4, -0.2) is 42.2 Å². The number of carbonyl (C=O) groups is 1. The van der Waals surface area contributed by atoms with Crippen LogP contribution in [0.4, 0.5) is 11.5 Å². The van der Waals surface area contributed by atoms with Gasteiger partial charge in [-0.05, 0) is 12.1 Å². The van der Waals surface area contributed by atoms with Crippen molar-refractivity contribution < 1.29 is 9.53 Å². The smallest absolute Gasteiger partial charge is 0.274 e. The van der Waals surface area contributed by atoms with E-state index in [1.165, 1.54) is 0 Å². The van der Waals surface area contributed by atoms with Gasteiger partial charge in [0.25, 0.3) is 5.91 Å². The summed E-state index contributed by atoms with van der Waals surface area (Å²) in [6, 6.07) is 20.8. The van der Waals surface area contributed by atoms with Crippen molar-refractivity contribution in [3.05, 3.63) is 72.4 Å². The van der Waals surface area contributed by atoms with E-state index in [0.29, 0.717) is 24.7 Å². The van der Waals surface area contributed by atoms with Gasteiger partial charge >= 0.3 is 0 Å². The number of amides is 1. The number of anilines is 2. The highest BCUT2D eigenvalue weighted by molar-refractivity contribution is 6.03. The van der Waals surface area contributed by atoms with Gasteiger partial charge < -0.3 is 15.0 Å². The van der Waals surface area contributed by atoms with Gasteiger partial charge in [-0.15, -0.1) is 0 Å². The fourth-order valence-corrected chi connectivity index (χ4v) is 2.94. The third kappa shape index (κ3) is 4.12. The average Bonchev–Trinajstić information content (AvgIpc) is 2.75. The second kappa shape index (κ2) is 7.97. The zero-order chi connectivity index (χ0) is 18.5. The van der Waals surface area contributed by atoms with Crippen LogP contribution in [-0.2, 0) is 4.74 Å². The van der Waals surface area contributed by atoms with Crippen LogP contribution in [0.25, 0.3) is 11.4 Å². The average molecular weight is 360 g/mol. The van der Waals surface area contributed by atoms with E-state index in [0.717, 1.165) is 30.2 Å². The SMILES string of the molecule is O=C(Nc1ccccc1)c1cc(N2CCOCC2)nc(-c2ccccc2)n1. The van der Waals surface area contributed by atoms with Crippen molar-refractivity contribution in [1.82, 2.24) is 9.97 Å². The van der Waals surface area contributed by atoms with Gasteiger partial charge in [0.2, 0.25) is 0 Å². The van der Waals surface area contributed by atoms with Gasteiger partial charge in [0.1, 0.15) is 11.5 Å². The predicted molar refractivity (Wildman–Crippen MR) is 105 cm³/mol. The number of aromatic nitrogens is 2. The van der Waals surface area contributed by atoms with Crippen LogP contribution in [0.5, 0.6) is 0 Å². The van der Waals surface area contributed by atoms with Gasteiger partial charge in [-0.25, -0.2) is 9.97 Å². The molecule has 1 N–H and O–H groups in total. The lowest BCUT2D eigenvalue weighted by Gasteiger charge is -2.28. The number of morpholine rings is 1. The van der Waals surface area contributed by atoms with Crippen LogP contribution >= 0.6 is 0 Å². The first-order chi connectivity index (χ1) is 13.3. The number of benzene rings is 2. The Morgan fingerprint density at radius 1 is 0.926 bits per heavy atom. The number of carbonyl (C=O) groups excluding carboxylic acids is 1. The molecule has 0 saturated carbocycles. The number of hydrogen-bond acceptors (Lipinski definition) is 5.